The van der Waals surface area contributed by atoms with Crippen molar-refractivity contribution < 1.29 is 9.53 Å². The molecule has 3 aromatic carbocycles. The first-order valence-electron chi connectivity index (χ1n) is 10.4. The SMILES string of the molecule is COc1ccc([C@H]2Nc3ccccc3NC3=C2C(=O)C[C@@H](c2ccccc2)C3)cc1Br. The van der Waals surface area contributed by atoms with Crippen molar-refractivity contribution in [2.24, 2.45) is 0 Å². The Morgan fingerprint density at radius 3 is 2.39 bits per heavy atom. The van der Waals surface area contributed by atoms with Crippen LogP contribution in [0, 0.1) is 0 Å². The van der Waals surface area contributed by atoms with Crippen LogP contribution in [0.4, 0.5) is 11.4 Å². The fourth-order valence-electron chi connectivity index (χ4n) is 4.57. The number of para-hydroxylation sites is 2. The number of carbonyl (C=O) groups excluding carboxylic acids is 1. The van der Waals surface area contributed by atoms with Crippen LogP contribution < -0.4 is 15.4 Å². The lowest BCUT2D eigenvalue weighted by Gasteiger charge is -2.30. The maximum atomic E-state index is 13.5. The van der Waals surface area contributed by atoms with Crippen LogP contribution in [0.1, 0.15) is 35.9 Å². The molecule has 2 aliphatic rings. The minimum Gasteiger partial charge on any atom is -0.496 e. The predicted octanol–water partition coefficient (Wildman–Crippen LogP) is 6.44. The molecule has 4 nitrogen and oxygen atoms in total. The first-order chi connectivity index (χ1) is 15.1. The molecule has 0 aromatic heterocycles. The molecular weight excluding hydrogens is 452 g/mol. The average molecular weight is 475 g/mol. The summed E-state index contributed by atoms with van der Waals surface area (Å²) in [6, 6.07) is 24.2. The summed E-state index contributed by atoms with van der Waals surface area (Å²) in [5, 5.41) is 7.21. The molecule has 2 atom stereocenters. The number of fused-ring (bicyclic) bond motifs is 1. The van der Waals surface area contributed by atoms with Crippen LogP contribution in [0.25, 0.3) is 0 Å². The molecule has 1 aliphatic carbocycles. The number of hydrogen-bond acceptors (Lipinski definition) is 4. The Morgan fingerprint density at radius 2 is 1.65 bits per heavy atom. The van der Waals surface area contributed by atoms with E-state index in [4.69, 9.17) is 4.74 Å². The molecule has 5 rings (SSSR count). The second kappa shape index (κ2) is 8.23. The molecule has 0 fully saturated rings. The molecule has 0 unspecified atom stereocenters. The second-order valence-electron chi connectivity index (χ2n) is 7.97. The van der Waals surface area contributed by atoms with E-state index < -0.39 is 0 Å². The molecule has 5 heteroatoms. The van der Waals surface area contributed by atoms with E-state index in [0.717, 1.165) is 44.9 Å². The van der Waals surface area contributed by atoms with Crippen molar-refractivity contribution in [2.75, 3.05) is 17.7 Å². The van der Waals surface area contributed by atoms with Crippen molar-refractivity contribution in [1.29, 1.82) is 0 Å². The van der Waals surface area contributed by atoms with Crippen LogP contribution >= 0.6 is 15.9 Å². The van der Waals surface area contributed by atoms with Crippen molar-refractivity contribution in [3.05, 3.63) is 99.7 Å². The highest BCUT2D eigenvalue weighted by molar-refractivity contribution is 9.10. The zero-order valence-electron chi connectivity index (χ0n) is 17.2. The molecule has 0 radical (unpaired) electrons. The summed E-state index contributed by atoms with van der Waals surface area (Å²) in [6.07, 6.45) is 1.31. The Bertz CT molecular complexity index is 1170. The summed E-state index contributed by atoms with van der Waals surface area (Å²) < 4.78 is 6.27. The van der Waals surface area contributed by atoms with Crippen LogP contribution in [0.15, 0.2) is 88.5 Å². The Hall–Kier alpha value is -3.05. The normalized spacial score (nSPS) is 20.1. The summed E-state index contributed by atoms with van der Waals surface area (Å²) in [7, 11) is 1.65. The van der Waals surface area contributed by atoms with E-state index in [9.17, 15) is 4.79 Å². The number of ether oxygens (including phenoxy) is 1. The molecule has 1 aliphatic heterocycles. The number of ketones is 1. The summed E-state index contributed by atoms with van der Waals surface area (Å²) in [5.41, 5.74) is 6.02. The first kappa shape index (κ1) is 19.9. The fourth-order valence-corrected chi connectivity index (χ4v) is 5.12. The van der Waals surface area contributed by atoms with E-state index in [1.807, 2.05) is 54.6 Å². The van der Waals surface area contributed by atoms with Gasteiger partial charge < -0.3 is 15.4 Å². The zero-order chi connectivity index (χ0) is 21.4. The lowest BCUT2D eigenvalue weighted by molar-refractivity contribution is -0.116. The largest absolute Gasteiger partial charge is 0.496 e. The average Bonchev–Trinajstić information content (AvgIpc) is 2.96. The van der Waals surface area contributed by atoms with Gasteiger partial charge in [-0.1, -0.05) is 48.5 Å². The van der Waals surface area contributed by atoms with Gasteiger partial charge in [-0.05, 0) is 63.7 Å². The molecule has 156 valence electrons. The third kappa shape index (κ3) is 3.74. The van der Waals surface area contributed by atoms with E-state index in [1.165, 1.54) is 5.56 Å². The minimum atomic E-state index is -0.238. The Kier molecular flexibility index (Phi) is 5.28. The zero-order valence-corrected chi connectivity index (χ0v) is 18.8. The van der Waals surface area contributed by atoms with Gasteiger partial charge >= 0.3 is 0 Å². The van der Waals surface area contributed by atoms with E-state index in [1.54, 1.807) is 7.11 Å². The molecule has 0 bridgehead atoms. The highest BCUT2D eigenvalue weighted by Gasteiger charge is 2.36. The van der Waals surface area contributed by atoms with Gasteiger partial charge in [-0.25, -0.2) is 0 Å². The van der Waals surface area contributed by atoms with Crippen LogP contribution in [-0.4, -0.2) is 12.9 Å². The highest BCUT2D eigenvalue weighted by atomic mass is 79.9. The van der Waals surface area contributed by atoms with Crippen LogP contribution in [-0.2, 0) is 4.79 Å². The van der Waals surface area contributed by atoms with Gasteiger partial charge in [0.25, 0.3) is 0 Å². The van der Waals surface area contributed by atoms with E-state index >= 15 is 0 Å². The van der Waals surface area contributed by atoms with Crippen LogP contribution in [0.3, 0.4) is 0 Å². The number of allylic oxidation sites excluding steroid dienone is 1. The molecule has 1 heterocycles. The Balaban J connectivity index is 1.62. The number of halogens is 1. The number of rotatable bonds is 3. The second-order valence-corrected chi connectivity index (χ2v) is 8.83. The van der Waals surface area contributed by atoms with Crippen molar-refractivity contribution in [1.82, 2.24) is 0 Å². The molecular formula is C26H23BrN2O2. The van der Waals surface area contributed by atoms with Crippen LogP contribution in [0.5, 0.6) is 5.75 Å². The lowest BCUT2D eigenvalue weighted by Crippen LogP contribution is -2.26. The maximum absolute atomic E-state index is 13.5. The van der Waals surface area contributed by atoms with E-state index in [0.29, 0.717) is 6.42 Å². The highest BCUT2D eigenvalue weighted by Crippen LogP contribution is 2.44. The van der Waals surface area contributed by atoms with Crippen LogP contribution in [0.2, 0.25) is 0 Å². The standard InChI is InChI=1S/C26H23BrN2O2/c1-31-24-12-11-17(13-19(24)27)26-25-22(28-20-9-5-6-10-21(20)29-26)14-18(15-23(25)30)16-7-3-2-4-8-16/h2-13,18,26,28-29H,14-15H2,1H3/t18-,26+/m0/s1. The maximum Gasteiger partial charge on any atom is 0.163 e. The van der Waals surface area contributed by atoms with Crippen molar-refractivity contribution in [3.8, 4) is 5.75 Å². The summed E-state index contributed by atoms with van der Waals surface area (Å²) in [6.45, 7) is 0. The van der Waals surface area contributed by atoms with Gasteiger partial charge in [0, 0.05) is 17.7 Å². The van der Waals surface area contributed by atoms with Gasteiger partial charge in [-0.15, -0.1) is 0 Å². The van der Waals surface area contributed by atoms with Gasteiger partial charge in [0.05, 0.1) is 29.0 Å². The number of methoxy groups -OCH3 is 1. The molecule has 0 amide bonds. The number of Topliss-reactive ketones (excluding diaryl/α,β-unsaturated/α-hetero) is 1. The first-order valence-corrected chi connectivity index (χ1v) is 11.2. The third-order valence-electron chi connectivity index (χ3n) is 6.09. The minimum absolute atomic E-state index is 0.175. The topological polar surface area (TPSA) is 50.4 Å². The van der Waals surface area contributed by atoms with Gasteiger partial charge in [-0.2, -0.15) is 0 Å². The number of benzene rings is 3. The molecule has 2 N–H and O–H groups in total. The van der Waals surface area contributed by atoms with Gasteiger partial charge in [0.15, 0.2) is 5.78 Å². The molecule has 0 saturated carbocycles. The van der Waals surface area contributed by atoms with Gasteiger partial charge in [0.1, 0.15) is 5.75 Å². The van der Waals surface area contributed by atoms with E-state index in [2.05, 4.69) is 44.8 Å². The molecule has 0 spiro atoms. The van der Waals surface area contributed by atoms with Gasteiger partial charge in [-0.3, -0.25) is 4.79 Å². The lowest BCUT2D eigenvalue weighted by atomic mass is 9.78. The van der Waals surface area contributed by atoms with Crippen molar-refractivity contribution in [2.45, 2.75) is 24.8 Å². The number of anilines is 2. The predicted molar refractivity (Wildman–Crippen MR) is 128 cm³/mol. The Morgan fingerprint density at radius 1 is 0.903 bits per heavy atom. The molecule has 31 heavy (non-hydrogen) atoms. The third-order valence-corrected chi connectivity index (χ3v) is 6.71. The Labute approximate surface area is 190 Å². The summed E-state index contributed by atoms with van der Waals surface area (Å²) in [5.74, 6) is 1.12. The number of hydrogen-bond donors (Lipinski definition) is 2. The molecule has 3 aromatic rings. The quantitative estimate of drug-likeness (QED) is 0.458. The van der Waals surface area contributed by atoms with Crippen molar-refractivity contribution in [3.63, 3.8) is 0 Å². The monoisotopic (exact) mass is 474 g/mol. The summed E-state index contributed by atoms with van der Waals surface area (Å²) >= 11 is 3.60. The molecule has 0 saturated heterocycles. The van der Waals surface area contributed by atoms with Crippen molar-refractivity contribution >= 4 is 33.1 Å². The number of nitrogens with one attached hydrogen (secondary N) is 2. The number of carbonyl (C=O) groups is 1. The van der Waals surface area contributed by atoms with E-state index in [-0.39, 0.29) is 17.7 Å². The van der Waals surface area contributed by atoms with Gasteiger partial charge in [0.2, 0.25) is 0 Å². The smallest absolute Gasteiger partial charge is 0.163 e. The fraction of sp³-hybridized carbons (Fsp3) is 0.192. The summed E-state index contributed by atoms with van der Waals surface area (Å²) in [4.78, 5) is 13.5.